The number of fused-ring (bicyclic) bond motifs is 3. The lowest BCUT2D eigenvalue weighted by Crippen LogP contribution is -2.20. The van der Waals surface area contributed by atoms with E-state index in [-0.39, 0.29) is 5.56 Å². The predicted octanol–water partition coefficient (Wildman–Crippen LogP) is 3.04. The van der Waals surface area contributed by atoms with Gasteiger partial charge in [0.15, 0.2) is 0 Å². The number of nitrogens with two attached hydrogens (primary N) is 1. The minimum Gasteiger partial charge on any atom is -0.496 e. The molecule has 0 bridgehead atoms. The molecule has 0 spiro atoms. The van der Waals surface area contributed by atoms with Crippen LogP contribution < -0.4 is 16.0 Å². The fraction of sp³-hybridized carbons (Fsp3) is 0.190. The molecule has 5 heteroatoms. The van der Waals surface area contributed by atoms with Gasteiger partial charge in [0.2, 0.25) is 0 Å². The summed E-state index contributed by atoms with van der Waals surface area (Å²) in [5, 5.41) is 2.77. The van der Waals surface area contributed by atoms with Crippen molar-refractivity contribution < 1.29 is 4.74 Å². The minimum atomic E-state index is -0.00444. The highest BCUT2D eigenvalue weighted by atomic mass is 16.5. The minimum absolute atomic E-state index is 0.00444. The second-order valence-corrected chi connectivity index (χ2v) is 6.36. The third-order valence-electron chi connectivity index (χ3n) is 4.83. The molecule has 0 amide bonds. The van der Waals surface area contributed by atoms with E-state index < -0.39 is 0 Å². The number of hydrogen-bond acceptors (Lipinski definition) is 3. The second kappa shape index (κ2) is 6.69. The van der Waals surface area contributed by atoms with E-state index in [1.807, 2.05) is 54.9 Å². The third-order valence-corrected chi connectivity index (χ3v) is 4.83. The number of pyridine rings is 1. The third kappa shape index (κ3) is 2.66. The summed E-state index contributed by atoms with van der Waals surface area (Å²) in [6.45, 7) is 1.05. The van der Waals surface area contributed by atoms with Crippen LogP contribution in [0.15, 0.2) is 59.7 Å². The van der Waals surface area contributed by atoms with Crippen molar-refractivity contribution in [2.45, 2.75) is 13.0 Å². The van der Waals surface area contributed by atoms with Crippen molar-refractivity contribution in [3.05, 3.63) is 76.3 Å². The molecule has 2 heterocycles. The van der Waals surface area contributed by atoms with Crippen molar-refractivity contribution in [1.29, 1.82) is 0 Å². The summed E-state index contributed by atoms with van der Waals surface area (Å²) in [7, 11) is 1.64. The van der Waals surface area contributed by atoms with E-state index in [0.29, 0.717) is 18.5 Å². The topological polar surface area (TPSA) is 73.0 Å². The molecule has 5 nitrogen and oxygen atoms in total. The Balaban J connectivity index is 1.86. The number of hydrogen-bond donors (Lipinski definition) is 2. The molecule has 0 radical (unpaired) electrons. The lowest BCUT2D eigenvalue weighted by molar-refractivity contribution is 0.408. The Morgan fingerprint density at radius 3 is 2.73 bits per heavy atom. The van der Waals surface area contributed by atoms with Gasteiger partial charge in [-0.15, -0.1) is 0 Å². The highest BCUT2D eigenvalue weighted by molar-refractivity contribution is 6.07. The highest BCUT2D eigenvalue weighted by Crippen LogP contribution is 2.27. The fourth-order valence-corrected chi connectivity index (χ4v) is 3.56. The molecule has 2 aromatic carbocycles. The van der Waals surface area contributed by atoms with Gasteiger partial charge in [0, 0.05) is 34.2 Å². The Kier molecular flexibility index (Phi) is 4.22. The largest absolute Gasteiger partial charge is 0.496 e. The predicted molar refractivity (Wildman–Crippen MR) is 105 cm³/mol. The molecule has 2 aromatic heterocycles. The van der Waals surface area contributed by atoms with E-state index in [2.05, 4.69) is 4.98 Å². The maximum atomic E-state index is 13.1. The molecule has 132 valence electrons. The Hall–Kier alpha value is -3.05. The first-order valence-electron chi connectivity index (χ1n) is 8.67. The first kappa shape index (κ1) is 16.4. The van der Waals surface area contributed by atoms with Gasteiger partial charge in [0.25, 0.3) is 5.56 Å². The summed E-state index contributed by atoms with van der Waals surface area (Å²) in [6, 6.07) is 13.6. The van der Waals surface area contributed by atoms with Crippen LogP contribution in [0.4, 0.5) is 0 Å². The second-order valence-electron chi connectivity index (χ2n) is 6.36. The lowest BCUT2D eigenvalue weighted by Gasteiger charge is -2.11. The number of H-pyrrole nitrogens is 1. The van der Waals surface area contributed by atoms with Crippen LogP contribution in [0.25, 0.3) is 21.7 Å². The maximum absolute atomic E-state index is 13.1. The number of aromatic nitrogens is 2. The van der Waals surface area contributed by atoms with Crippen LogP contribution in [-0.2, 0) is 13.0 Å². The lowest BCUT2D eigenvalue weighted by atomic mass is 10.0. The molecule has 3 N–H and O–H groups in total. The Morgan fingerprint density at radius 2 is 1.92 bits per heavy atom. The molecule has 0 aliphatic carbocycles. The number of methoxy groups -OCH3 is 1. The summed E-state index contributed by atoms with van der Waals surface area (Å²) >= 11 is 0. The first-order valence-corrected chi connectivity index (χ1v) is 8.67. The summed E-state index contributed by atoms with van der Waals surface area (Å²) < 4.78 is 7.13. The Morgan fingerprint density at radius 1 is 1.08 bits per heavy atom. The van der Waals surface area contributed by atoms with Gasteiger partial charge in [0.05, 0.1) is 13.7 Å². The van der Waals surface area contributed by atoms with Crippen molar-refractivity contribution in [3.8, 4) is 5.75 Å². The van der Waals surface area contributed by atoms with Gasteiger partial charge < -0.3 is 20.0 Å². The first-order chi connectivity index (χ1) is 12.7. The standard InChI is InChI=1S/C21H21N3O2/c1-26-19-5-3-2-4-15(19)13-24-11-9-16-17(21(24)25)6-7-18-20(16)14(8-10-22)12-23-18/h2-7,9,11-12,23H,8,10,13,22H2,1H3. The molecule has 0 saturated carbocycles. The monoisotopic (exact) mass is 347 g/mol. The van der Waals surface area contributed by atoms with Gasteiger partial charge in [0.1, 0.15) is 5.75 Å². The molecule has 0 aliphatic heterocycles. The quantitative estimate of drug-likeness (QED) is 0.583. The Bertz CT molecular complexity index is 1140. The summed E-state index contributed by atoms with van der Waals surface area (Å²) in [4.78, 5) is 16.3. The van der Waals surface area contributed by atoms with Gasteiger partial charge in [-0.1, -0.05) is 18.2 Å². The number of para-hydroxylation sites is 1. The van der Waals surface area contributed by atoms with Crippen molar-refractivity contribution in [2.75, 3.05) is 13.7 Å². The zero-order chi connectivity index (χ0) is 18.1. The molecule has 0 atom stereocenters. The average Bonchev–Trinajstić information content (AvgIpc) is 3.08. The molecule has 0 unspecified atom stereocenters. The maximum Gasteiger partial charge on any atom is 0.258 e. The zero-order valence-corrected chi connectivity index (χ0v) is 14.7. The molecular weight excluding hydrogens is 326 g/mol. The molecular formula is C21H21N3O2. The van der Waals surface area contributed by atoms with Crippen molar-refractivity contribution in [1.82, 2.24) is 9.55 Å². The van der Waals surface area contributed by atoms with Crippen LogP contribution in [0, 0.1) is 0 Å². The summed E-state index contributed by atoms with van der Waals surface area (Å²) in [5.41, 5.74) is 8.88. The molecule has 4 rings (SSSR count). The number of aromatic amines is 1. The van der Waals surface area contributed by atoms with Gasteiger partial charge in [-0.05, 0) is 48.2 Å². The van der Waals surface area contributed by atoms with Gasteiger partial charge >= 0.3 is 0 Å². The van der Waals surface area contributed by atoms with Crippen molar-refractivity contribution in [3.63, 3.8) is 0 Å². The van der Waals surface area contributed by atoms with Gasteiger partial charge in [-0.3, -0.25) is 4.79 Å². The smallest absolute Gasteiger partial charge is 0.258 e. The molecule has 4 aromatic rings. The summed E-state index contributed by atoms with van der Waals surface area (Å²) in [5.74, 6) is 0.783. The molecule has 0 fully saturated rings. The SMILES string of the molecule is COc1ccccc1Cn1ccc2c(ccc3[nH]cc(CCN)c32)c1=O. The van der Waals surface area contributed by atoms with Crippen LogP contribution in [0.5, 0.6) is 5.75 Å². The van der Waals surface area contributed by atoms with Crippen LogP contribution in [0.3, 0.4) is 0 Å². The van der Waals surface area contributed by atoms with Crippen LogP contribution in [-0.4, -0.2) is 23.2 Å². The number of benzene rings is 2. The molecule has 0 saturated heterocycles. The van der Waals surface area contributed by atoms with E-state index in [4.69, 9.17) is 10.5 Å². The normalized spacial score (nSPS) is 11.3. The van der Waals surface area contributed by atoms with E-state index in [0.717, 1.165) is 39.6 Å². The average molecular weight is 347 g/mol. The van der Waals surface area contributed by atoms with Gasteiger partial charge in [-0.2, -0.15) is 0 Å². The van der Waals surface area contributed by atoms with Crippen LogP contribution in [0.1, 0.15) is 11.1 Å². The zero-order valence-electron chi connectivity index (χ0n) is 14.7. The van der Waals surface area contributed by atoms with E-state index in [1.54, 1.807) is 11.7 Å². The number of ether oxygens (including phenoxy) is 1. The van der Waals surface area contributed by atoms with E-state index in [1.165, 1.54) is 0 Å². The molecule has 0 aliphatic rings. The number of nitrogens with zero attached hydrogens (tertiary/aromatic N) is 1. The van der Waals surface area contributed by atoms with E-state index in [9.17, 15) is 4.79 Å². The fourth-order valence-electron chi connectivity index (χ4n) is 3.56. The number of nitrogens with one attached hydrogen (secondary N) is 1. The number of rotatable bonds is 5. The summed E-state index contributed by atoms with van der Waals surface area (Å²) in [6.07, 6.45) is 4.62. The molecule has 26 heavy (non-hydrogen) atoms. The Labute approximate surface area is 151 Å². The van der Waals surface area contributed by atoms with E-state index >= 15 is 0 Å². The highest BCUT2D eigenvalue weighted by Gasteiger charge is 2.12. The van der Waals surface area contributed by atoms with Gasteiger partial charge in [-0.25, -0.2) is 0 Å². The van der Waals surface area contributed by atoms with Crippen molar-refractivity contribution in [2.24, 2.45) is 5.73 Å². The van der Waals surface area contributed by atoms with Crippen LogP contribution in [0.2, 0.25) is 0 Å². The van der Waals surface area contributed by atoms with Crippen LogP contribution >= 0.6 is 0 Å². The van der Waals surface area contributed by atoms with Crippen molar-refractivity contribution >= 4 is 21.7 Å².